The summed E-state index contributed by atoms with van der Waals surface area (Å²) < 4.78 is 2.45. The standard InChI is InChI=1S/C18H14BrClN4O2S3/c19-13-5-6-15(25)12(7-13)8-21-22-16(26)10-28-18-24-23-17(29-18)27-9-11-3-1-2-4-14(11)20/h1-8,25H,9-10H2,(H,22,26). The van der Waals surface area contributed by atoms with E-state index >= 15 is 0 Å². The molecule has 29 heavy (non-hydrogen) atoms. The predicted octanol–water partition coefficient (Wildman–Crippen LogP) is 3.98. The van der Waals surface area contributed by atoms with Gasteiger partial charge in [-0.2, -0.15) is 5.10 Å². The van der Waals surface area contributed by atoms with Crippen molar-refractivity contribution < 1.29 is 15.0 Å². The summed E-state index contributed by atoms with van der Waals surface area (Å²) in [6, 6.07) is 12.4. The minimum atomic E-state index is -0.283. The Hall–Kier alpha value is -1.59. The lowest BCUT2D eigenvalue weighted by atomic mass is 10.2. The number of aromatic amines is 1. The molecule has 3 aromatic rings. The van der Waals surface area contributed by atoms with Gasteiger partial charge in [0, 0.05) is 20.3 Å². The molecule has 0 saturated heterocycles. The molecule has 0 spiro atoms. The van der Waals surface area contributed by atoms with Gasteiger partial charge in [0.15, 0.2) is 0 Å². The van der Waals surface area contributed by atoms with Crippen molar-refractivity contribution in [2.24, 2.45) is 5.10 Å². The van der Waals surface area contributed by atoms with Gasteiger partial charge in [0.2, 0.25) is 4.34 Å². The fraction of sp³-hybridized carbons (Fsp3) is 0.111. The van der Waals surface area contributed by atoms with Crippen LogP contribution in [0.5, 0.6) is 5.75 Å². The van der Waals surface area contributed by atoms with Crippen molar-refractivity contribution in [3.05, 3.63) is 63.1 Å². The molecule has 0 atom stereocenters. The molecular formula is C18H14BrClN4O2S3. The summed E-state index contributed by atoms with van der Waals surface area (Å²) in [5, 5.41) is 23.4. The monoisotopic (exact) mass is 528 g/mol. The average molecular weight is 530 g/mol. The third-order valence-electron chi connectivity index (χ3n) is 3.43. The van der Waals surface area contributed by atoms with Gasteiger partial charge in [-0.25, -0.2) is 5.43 Å². The third kappa shape index (κ3) is 7.00. The number of H-pyrrole nitrogens is 1. The van der Waals surface area contributed by atoms with E-state index < -0.39 is 0 Å². The van der Waals surface area contributed by atoms with Crippen molar-refractivity contribution in [2.75, 3.05) is 5.75 Å². The molecule has 0 unspecified atom stereocenters. The van der Waals surface area contributed by atoms with Crippen LogP contribution < -0.4 is 15.6 Å². The number of thioether (sulfide) groups is 2. The maximum absolute atomic E-state index is 11.9. The molecule has 0 fully saturated rings. The first-order chi connectivity index (χ1) is 14.0. The molecule has 0 aliphatic carbocycles. The second-order valence-corrected chi connectivity index (χ2v) is 10.3. The van der Waals surface area contributed by atoms with Crippen LogP contribution in [0.2, 0.25) is 5.02 Å². The average Bonchev–Trinajstić information content (AvgIpc) is 3.16. The number of nitrogens with zero attached hydrogens (tertiary/aromatic N) is 2. The molecule has 150 valence electrons. The Balaban J connectivity index is 1.44. The van der Waals surface area contributed by atoms with E-state index in [1.165, 1.54) is 35.4 Å². The van der Waals surface area contributed by atoms with E-state index in [0.717, 1.165) is 29.5 Å². The van der Waals surface area contributed by atoms with E-state index in [9.17, 15) is 9.90 Å². The van der Waals surface area contributed by atoms with Gasteiger partial charge in [-0.1, -0.05) is 74.4 Å². The van der Waals surface area contributed by atoms with Crippen molar-refractivity contribution >= 4 is 74.5 Å². The number of nitrogens with one attached hydrogen (secondary N) is 2. The van der Waals surface area contributed by atoms with Crippen molar-refractivity contribution in [2.45, 2.75) is 14.4 Å². The lowest BCUT2D eigenvalue weighted by molar-refractivity contribution is -0.492. The van der Waals surface area contributed by atoms with Crippen LogP contribution in [-0.4, -0.2) is 23.0 Å². The van der Waals surface area contributed by atoms with Crippen LogP contribution in [0.25, 0.3) is 0 Å². The van der Waals surface area contributed by atoms with Crippen molar-refractivity contribution in [3.8, 4) is 5.75 Å². The molecule has 2 aromatic carbocycles. The lowest BCUT2D eigenvalue weighted by Gasteiger charge is -2.09. The van der Waals surface area contributed by atoms with Crippen molar-refractivity contribution in [1.29, 1.82) is 0 Å². The number of hydrazone groups is 1. The minimum Gasteiger partial charge on any atom is -0.872 e. The number of benzene rings is 2. The molecule has 0 aliphatic rings. The molecule has 11 heteroatoms. The number of carbonyl (C=O) groups is 1. The van der Waals surface area contributed by atoms with Gasteiger partial charge in [-0.15, -0.1) is 0 Å². The highest BCUT2D eigenvalue weighted by Gasteiger charge is 2.14. The maximum atomic E-state index is 11.9. The van der Waals surface area contributed by atoms with E-state index in [-0.39, 0.29) is 17.4 Å². The molecule has 1 amide bonds. The van der Waals surface area contributed by atoms with Gasteiger partial charge in [-0.05, 0) is 52.4 Å². The van der Waals surface area contributed by atoms with Crippen LogP contribution in [0.3, 0.4) is 0 Å². The first-order valence-corrected chi connectivity index (χ1v) is 12.1. The number of amides is 1. The zero-order valence-electron chi connectivity index (χ0n) is 14.7. The van der Waals surface area contributed by atoms with Crippen LogP contribution in [0.4, 0.5) is 0 Å². The number of halogens is 2. The molecule has 3 rings (SSSR count). The summed E-state index contributed by atoms with van der Waals surface area (Å²) in [6.07, 6.45) is 1.33. The van der Waals surface area contributed by atoms with Crippen LogP contribution in [0.15, 0.2) is 60.7 Å². The highest BCUT2D eigenvalue weighted by molar-refractivity contribution is 9.10. The van der Waals surface area contributed by atoms with Gasteiger partial charge in [0.05, 0.1) is 12.0 Å². The maximum Gasteiger partial charge on any atom is 0.323 e. The number of hydrogen-bond donors (Lipinski definition) is 1. The van der Waals surface area contributed by atoms with Gasteiger partial charge < -0.3 is 5.11 Å². The zero-order chi connectivity index (χ0) is 20.6. The summed E-state index contributed by atoms with van der Waals surface area (Å²) in [5.74, 6) is 0.445. The first kappa shape index (κ1) is 22.1. The highest BCUT2D eigenvalue weighted by Crippen LogP contribution is 2.30. The summed E-state index contributed by atoms with van der Waals surface area (Å²) in [7, 11) is 0. The Morgan fingerprint density at radius 3 is 3.00 bits per heavy atom. The van der Waals surface area contributed by atoms with E-state index in [0.29, 0.717) is 5.56 Å². The number of hydrogen-bond acceptors (Lipinski definition) is 7. The normalized spacial score (nSPS) is 11.1. The number of aromatic nitrogens is 2. The van der Waals surface area contributed by atoms with Crippen molar-refractivity contribution in [1.82, 2.24) is 10.5 Å². The van der Waals surface area contributed by atoms with Crippen LogP contribution in [0.1, 0.15) is 11.1 Å². The van der Waals surface area contributed by atoms with E-state index in [1.807, 2.05) is 24.3 Å². The Kier molecular flexibility index (Phi) is 8.37. The molecular weight excluding hydrogens is 516 g/mol. The fourth-order valence-corrected chi connectivity index (χ4v) is 5.60. The zero-order valence-corrected chi connectivity index (χ0v) is 19.5. The number of rotatable bonds is 8. The van der Waals surface area contributed by atoms with E-state index in [2.05, 4.69) is 36.7 Å². The largest absolute Gasteiger partial charge is 0.872 e. The van der Waals surface area contributed by atoms with Crippen LogP contribution in [0, 0.1) is 0 Å². The quantitative estimate of drug-likeness (QED) is 0.271. The topological polar surface area (TPSA) is 91.6 Å². The summed E-state index contributed by atoms with van der Waals surface area (Å²) in [5.41, 5.74) is 3.86. The Labute approximate surface area is 193 Å². The molecule has 0 radical (unpaired) electrons. The van der Waals surface area contributed by atoms with Gasteiger partial charge in [-0.3, -0.25) is 4.79 Å². The molecule has 1 heterocycles. The second kappa shape index (κ2) is 11.0. The second-order valence-electron chi connectivity index (χ2n) is 5.52. The smallest absolute Gasteiger partial charge is 0.323 e. The highest BCUT2D eigenvalue weighted by atomic mass is 79.9. The summed E-state index contributed by atoms with van der Waals surface area (Å²) in [4.78, 5) is 11.9. The van der Waals surface area contributed by atoms with Crippen LogP contribution >= 0.6 is 62.4 Å². The Morgan fingerprint density at radius 1 is 1.34 bits per heavy atom. The molecule has 2 N–H and O–H groups in total. The molecule has 0 aliphatic heterocycles. The molecule has 0 saturated carbocycles. The van der Waals surface area contributed by atoms with Crippen molar-refractivity contribution in [3.63, 3.8) is 0 Å². The SMILES string of the molecule is O=C(CSc1n[nH+]c(SCc2ccccc2Cl)s1)NN=Cc1cc(Br)ccc1[O-]. The van der Waals surface area contributed by atoms with E-state index in [1.54, 1.807) is 23.9 Å². The molecule has 0 bridgehead atoms. The van der Waals surface area contributed by atoms with E-state index in [4.69, 9.17) is 11.6 Å². The van der Waals surface area contributed by atoms with Crippen LogP contribution in [-0.2, 0) is 10.5 Å². The third-order valence-corrected chi connectivity index (χ3v) is 7.59. The lowest BCUT2D eigenvalue weighted by Crippen LogP contribution is -2.19. The van der Waals surface area contributed by atoms with Gasteiger partial charge >= 0.3 is 4.34 Å². The Bertz CT molecular complexity index is 1030. The first-order valence-electron chi connectivity index (χ1n) is 8.17. The Morgan fingerprint density at radius 2 is 2.17 bits per heavy atom. The van der Waals surface area contributed by atoms with Gasteiger partial charge in [0.1, 0.15) is 0 Å². The molecule has 1 aromatic heterocycles. The van der Waals surface area contributed by atoms with Gasteiger partial charge in [0.25, 0.3) is 5.91 Å². The predicted molar refractivity (Wildman–Crippen MR) is 120 cm³/mol. The number of carbonyl (C=O) groups excluding carboxylic acids is 1. The summed E-state index contributed by atoms with van der Waals surface area (Å²) >= 11 is 13.8. The summed E-state index contributed by atoms with van der Waals surface area (Å²) in [6.45, 7) is 0. The molecule has 6 nitrogen and oxygen atoms in total. The minimum absolute atomic E-state index is 0.163. The fourth-order valence-electron chi connectivity index (χ4n) is 2.05.